The molecule has 1 aromatic heterocycles. The van der Waals surface area contributed by atoms with Gasteiger partial charge in [-0.15, -0.1) is 0 Å². The van der Waals surface area contributed by atoms with E-state index in [9.17, 15) is 0 Å². The summed E-state index contributed by atoms with van der Waals surface area (Å²) >= 11 is 0. The Kier molecular flexibility index (Phi) is 4.74. The lowest BCUT2D eigenvalue weighted by Gasteiger charge is -2.36. The molecule has 3 nitrogen and oxygen atoms in total. The van der Waals surface area contributed by atoms with Crippen molar-refractivity contribution in [3.63, 3.8) is 0 Å². The summed E-state index contributed by atoms with van der Waals surface area (Å²) in [6.07, 6.45) is 1.96. The molecule has 1 rings (SSSR count). The van der Waals surface area contributed by atoms with Crippen molar-refractivity contribution in [2.45, 2.75) is 47.2 Å². The normalized spacial score (nSPS) is 13.5. The van der Waals surface area contributed by atoms with Gasteiger partial charge in [-0.2, -0.15) is 0 Å². The van der Waals surface area contributed by atoms with Crippen LogP contribution in [0.4, 0.5) is 5.82 Å². The quantitative estimate of drug-likeness (QED) is 0.889. The van der Waals surface area contributed by atoms with E-state index in [1.54, 1.807) is 0 Å². The van der Waals surface area contributed by atoms with Crippen LogP contribution in [0, 0.1) is 12.3 Å². The largest absolute Gasteiger partial charge is 0.356 e. The molecular formula is C15H27N3. The second kappa shape index (κ2) is 5.70. The van der Waals surface area contributed by atoms with Crippen LogP contribution in [0.1, 0.15) is 38.8 Å². The third-order valence-electron chi connectivity index (χ3n) is 3.66. The molecule has 1 atom stereocenters. The number of pyridine rings is 1. The first-order valence-corrected chi connectivity index (χ1v) is 6.60. The fraction of sp³-hybridized carbons (Fsp3) is 0.667. The number of hydrogen-bond donors (Lipinski definition) is 1. The van der Waals surface area contributed by atoms with Gasteiger partial charge in [0.1, 0.15) is 5.82 Å². The van der Waals surface area contributed by atoms with Crippen LogP contribution in [0.25, 0.3) is 0 Å². The maximum Gasteiger partial charge on any atom is 0.131 e. The van der Waals surface area contributed by atoms with Crippen molar-refractivity contribution in [1.82, 2.24) is 10.3 Å². The standard InChI is InChI=1S/C15H27N3/c1-11-8-13(9-16-6)10-17-14(11)18(7)12(2)15(3,4)5/h8,10,12,16H,9H2,1-7H3. The van der Waals surface area contributed by atoms with Gasteiger partial charge >= 0.3 is 0 Å². The molecule has 0 amide bonds. The molecule has 1 aromatic rings. The first-order chi connectivity index (χ1) is 8.27. The Hall–Kier alpha value is -1.09. The molecule has 1 unspecified atom stereocenters. The van der Waals surface area contributed by atoms with Gasteiger partial charge in [0.25, 0.3) is 0 Å². The van der Waals surface area contributed by atoms with Crippen molar-refractivity contribution in [2.24, 2.45) is 5.41 Å². The highest BCUT2D eigenvalue weighted by Crippen LogP contribution is 2.28. The van der Waals surface area contributed by atoms with Crippen molar-refractivity contribution >= 4 is 5.82 Å². The highest BCUT2D eigenvalue weighted by Gasteiger charge is 2.25. The van der Waals surface area contributed by atoms with Gasteiger partial charge in [-0.05, 0) is 43.5 Å². The maximum atomic E-state index is 4.62. The minimum Gasteiger partial charge on any atom is -0.356 e. The molecule has 0 aliphatic heterocycles. The fourth-order valence-corrected chi connectivity index (χ4v) is 2.06. The van der Waals surface area contributed by atoms with Crippen molar-refractivity contribution in [3.8, 4) is 0 Å². The number of hydrogen-bond acceptors (Lipinski definition) is 3. The molecule has 3 heteroatoms. The van der Waals surface area contributed by atoms with Crippen molar-refractivity contribution in [1.29, 1.82) is 0 Å². The summed E-state index contributed by atoms with van der Waals surface area (Å²) in [7, 11) is 4.08. The third-order valence-corrected chi connectivity index (χ3v) is 3.66. The first-order valence-electron chi connectivity index (χ1n) is 6.60. The molecule has 0 saturated carbocycles. The predicted octanol–water partition coefficient (Wildman–Crippen LogP) is 2.98. The Morgan fingerprint density at radius 1 is 1.39 bits per heavy atom. The first kappa shape index (κ1) is 15.0. The van der Waals surface area contributed by atoms with Gasteiger partial charge in [0.2, 0.25) is 0 Å². The Bertz CT molecular complexity index is 393. The van der Waals surface area contributed by atoms with Crippen LogP contribution in [0.15, 0.2) is 12.3 Å². The number of rotatable bonds is 4. The second-order valence-electron chi connectivity index (χ2n) is 6.17. The monoisotopic (exact) mass is 249 g/mol. The Balaban J connectivity index is 2.96. The highest BCUT2D eigenvalue weighted by atomic mass is 15.2. The van der Waals surface area contributed by atoms with Gasteiger partial charge in [-0.25, -0.2) is 4.98 Å². The zero-order chi connectivity index (χ0) is 13.9. The topological polar surface area (TPSA) is 28.2 Å². The van der Waals surface area contributed by atoms with Gasteiger partial charge in [0.05, 0.1) is 0 Å². The summed E-state index contributed by atoms with van der Waals surface area (Å²) in [6, 6.07) is 2.66. The summed E-state index contributed by atoms with van der Waals surface area (Å²) < 4.78 is 0. The second-order valence-corrected chi connectivity index (χ2v) is 6.17. The number of anilines is 1. The van der Waals surface area contributed by atoms with E-state index in [1.807, 2.05) is 13.2 Å². The van der Waals surface area contributed by atoms with E-state index in [-0.39, 0.29) is 5.41 Å². The zero-order valence-corrected chi connectivity index (χ0v) is 12.8. The van der Waals surface area contributed by atoms with E-state index in [0.717, 1.165) is 12.4 Å². The van der Waals surface area contributed by atoms with Crippen LogP contribution >= 0.6 is 0 Å². The van der Waals surface area contributed by atoms with Crippen LogP contribution in [-0.4, -0.2) is 25.1 Å². The van der Waals surface area contributed by atoms with Crippen LogP contribution in [0.2, 0.25) is 0 Å². The van der Waals surface area contributed by atoms with Gasteiger partial charge in [0.15, 0.2) is 0 Å². The summed E-state index contributed by atoms with van der Waals surface area (Å²) in [5, 5.41) is 3.15. The Morgan fingerprint density at radius 2 is 2.00 bits per heavy atom. The van der Waals surface area contributed by atoms with Crippen LogP contribution in [0.5, 0.6) is 0 Å². The molecule has 0 aliphatic carbocycles. The number of nitrogens with one attached hydrogen (secondary N) is 1. The van der Waals surface area contributed by atoms with E-state index < -0.39 is 0 Å². The Morgan fingerprint density at radius 3 is 2.44 bits per heavy atom. The SMILES string of the molecule is CNCc1cnc(N(C)C(C)C(C)(C)C)c(C)c1. The maximum absolute atomic E-state index is 4.62. The molecule has 0 aromatic carbocycles. The molecule has 1 heterocycles. The van der Waals surface area contributed by atoms with E-state index in [4.69, 9.17) is 0 Å². The predicted molar refractivity (Wildman–Crippen MR) is 79.1 cm³/mol. The molecule has 0 bridgehead atoms. The molecule has 0 aliphatic rings. The molecular weight excluding hydrogens is 222 g/mol. The number of nitrogens with zero attached hydrogens (tertiary/aromatic N) is 2. The summed E-state index contributed by atoms with van der Waals surface area (Å²) in [4.78, 5) is 6.89. The average molecular weight is 249 g/mol. The third kappa shape index (κ3) is 3.45. The Labute approximate surface area is 112 Å². The van der Waals surface area contributed by atoms with Crippen molar-refractivity contribution in [2.75, 3.05) is 19.0 Å². The smallest absolute Gasteiger partial charge is 0.131 e. The van der Waals surface area contributed by atoms with Crippen LogP contribution < -0.4 is 10.2 Å². The van der Waals surface area contributed by atoms with E-state index in [0.29, 0.717) is 6.04 Å². The minimum atomic E-state index is 0.243. The molecule has 0 spiro atoms. The molecule has 0 radical (unpaired) electrons. The molecule has 0 saturated heterocycles. The van der Waals surface area contributed by atoms with Gasteiger partial charge in [-0.3, -0.25) is 0 Å². The summed E-state index contributed by atoms with van der Waals surface area (Å²) in [6.45, 7) is 12.0. The van der Waals surface area contributed by atoms with Gasteiger partial charge in [0, 0.05) is 25.8 Å². The molecule has 0 fully saturated rings. The lowest BCUT2D eigenvalue weighted by atomic mass is 9.87. The van der Waals surface area contributed by atoms with Crippen LogP contribution in [-0.2, 0) is 6.54 Å². The highest BCUT2D eigenvalue weighted by molar-refractivity contribution is 5.47. The molecule has 18 heavy (non-hydrogen) atoms. The van der Waals surface area contributed by atoms with E-state index in [1.165, 1.54) is 11.1 Å². The van der Waals surface area contributed by atoms with Crippen LogP contribution in [0.3, 0.4) is 0 Å². The molecule has 1 N–H and O–H groups in total. The minimum absolute atomic E-state index is 0.243. The van der Waals surface area contributed by atoms with E-state index >= 15 is 0 Å². The van der Waals surface area contributed by atoms with Crippen molar-refractivity contribution < 1.29 is 0 Å². The average Bonchev–Trinajstić information content (AvgIpc) is 2.26. The fourth-order valence-electron chi connectivity index (χ4n) is 2.06. The van der Waals surface area contributed by atoms with Gasteiger partial charge < -0.3 is 10.2 Å². The summed E-state index contributed by atoms with van der Waals surface area (Å²) in [5.74, 6) is 1.08. The lowest BCUT2D eigenvalue weighted by Crippen LogP contribution is -2.40. The lowest BCUT2D eigenvalue weighted by molar-refractivity contribution is 0.328. The molecule has 102 valence electrons. The summed E-state index contributed by atoms with van der Waals surface area (Å²) in [5.41, 5.74) is 2.71. The number of aryl methyl sites for hydroxylation is 1. The zero-order valence-electron chi connectivity index (χ0n) is 12.8. The van der Waals surface area contributed by atoms with Crippen molar-refractivity contribution in [3.05, 3.63) is 23.4 Å². The number of aromatic nitrogens is 1. The van der Waals surface area contributed by atoms with E-state index in [2.05, 4.69) is 62.9 Å². The van der Waals surface area contributed by atoms with Gasteiger partial charge in [-0.1, -0.05) is 20.8 Å².